The summed E-state index contributed by atoms with van der Waals surface area (Å²) >= 11 is 5.86. The Morgan fingerprint density at radius 1 is 1.03 bits per heavy atom. The Labute approximate surface area is 226 Å². The number of hydrogen-bond acceptors (Lipinski definition) is 8. The first-order valence-electron chi connectivity index (χ1n) is 12.7. The van der Waals surface area contributed by atoms with Crippen molar-refractivity contribution in [3.05, 3.63) is 64.7 Å². The van der Waals surface area contributed by atoms with Gasteiger partial charge in [0.05, 0.1) is 19.6 Å². The number of hydrogen-bond donors (Lipinski definition) is 2. The maximum atomic E-state index is 12.6. The third kappa shape index (κ3) is 7.31. The van der Waals surface area contributed by atoms with Gasteiger partial charge in [-0.05, 0) is 55.5 Å². The van der Waals surface area contributed by atoms with Crippen molar-refractivity contribution in [2.45, 2.75) is 19.4 Å². The highest BCUT2D eigenvalue weighted by Crippen LogP contribution is 2.23. The van der Waals surface area contributed by atoms with Crippen molar-refractivity contribution in [3.63, 3.8) is 0 Å². The summed E-state index contributed by atoms with van der Waals surface area (Å²) in [5, 5.41) is 11.3. The number of rotatable bonds is 9. The van der Waals surface area contributed by atoms with Gasteiger partial charge < -0.3 is 19.7 Å². The molecular formula is C27H32ClN5O5. The third-order valence-corrected chi connectivity index (χ3v) is 6.80. The second kappa shape index (κ2) is 12.9. The van der Waals surface area contributed by atoms with E-state index >= 15 is 0 Å². The number of cyclic esters (lactones) is 1. The van der Waals surface area contributed by atoms with Gasteiger partial charge in [0.25, 0.3) is 5.91 Å². The molecular weight excluding hydrogens is 510 g/mol. The van der Waals surface area contributed by atoms with Crippen molar-refractivity contribution in [2.75, 3.05) is 57.3 Å². The summed E-state index contributed by atoms with van der Waals surface area (Å²) in [4.78, 5) is 42.6. The zero-order chi connectivity index (χ0) is 27.1. The van der Waals surface area contributed by atoms with E-state index in [2.05, 4.69) is 15.1 Å². The summed E-state index contributed by atoms with van der Waals surface area (Å²) in [6.45, 7) is 7.38. The van der Waals surface area contributed by atoms with Gasteiger partial charge in [-0.3, -0.25) is 24.8 Å². The molecule has 10 nitrogen and oxygen atoms in total. The highest BCUT2D eigenvalue weighted by molar-refractivity contribution is 6.30. The Balaban J connectivity index is 1.24. The van der Waals surface area contributed by atoms with E-state index in [-0.39, 0.29) is 17.9 Å². The van der Waals surface area contributed by atoms with Gasteiger partial charge in [-0.1, -0.05) is 11.6 Å². The van der Waals surface area contributed by atoms with Crippen LogP contribution in [-0.4, -0.2) is 92.1 Å². The molecule has 2 aliphatic rings. The van der Waals surface area contributed by atoms with E-state index in [1.807, 2.05) is 0 Å². The fourth-order valence-corrected chi connectivity index (χ4v) is 4.59. The molecule has 2 N–H and O–H groups in total. The van der Waals surface area contributed by atoms with Crippen molar-refractivity contribution in [1.29, 1.82) is 5.41 Å². The fourth-order valence-electron chi connectivity index (χ4n) is 4.46. The molecule has 4 rings (SSSR count). The Bertz CT molecular complexity index is 1150. The van der Waals surface area contributed by atoms with Crippen molar-refractivity contribution in [2.24, 2.45) is 0 Å². The molecule has 1 atom stereocenters. The Morgan fingerprint density at radius 3 is 2.32 bits per heavy atom. The lowest BCUT2D eigenvalue weighted by molar-refractivity contribution is -0.143. The van der Waals surface area contributed by atoms with Crippen molar-refractivity contribution in [3.8, 4) is 0 Å². The zero-order valence-electron chi connectivity index (χ0n) is 21.3. The second-order valence-corrected chi connectivity index (χ2v) is 9.63. The van der Waals surface area contributed by atoms with Crippen LogP contribution in [0.15, 0.2) is 48.5 Å². The van der Waals surface area contributed by atoms with Crippen LogP contribution in [0.5, 0.6) is 0 Å². The van der Waals surface area contributed by atoms with Gasteiger partial charge in [0.15, 0.2) is 0 Å². The van der Waals surface area contributed by atoms with Crippen LogP contribution >= 0.6 is 11.6 Å². The summed E-state index contributed by atoms with van der Waals surface area (Å²) in [6, 6.07) is 13.3. The van der Waals surface area contributed by atoms with Gasteiger partial charge in [0.2, 0.25) is 0 Å². The summed E-state index contributed by atoms with van der Waals surface area (Å²) < 4.78 is 10.6. The maximum Gasteiger partial charge on any atom is 0.414 e. The summed E-state index contributed by atoms with van der Waals surface area (Å²) in [6.07, 6.45) is -0.247. The van der Waals surface area contributed by atoms with Crippen LogP contribution in [0, 0.1) is 5.41 Å². The van der Waals surface area contributed by atoms with Crippen LogP contribution in [-0.2, 0) is 14.3 Å². The molecule has 2 amide bonds. The molecule has 38 heavy (non-hydrogen) atoms. The molecule has 2 saturated heterocycles. The smallest absolute Gasteiger partial charge is 0.414 e. The molecule has 0 aliphatic carbocycles. The quantitative estimate of drug-likeness (QED) is 0.285. The first-order chi connectivity index (χ1) is 18.3. The molecule has 2 aliphatic heterocycles. The van der Waals surface area contributed by atoms with Gasteiger partial charge in [0, 0.05) is 61.1 Å². The number of nitrogens with zero attached hydrogens (tertiary/aromatic N) is 3. The minimum atomic E-state index is -0.401. The van der Waals surface area contributed by atoms with E-state index in [9.17, 15) is 14.4 Å². The van der Waals surface area contributed by atoms with Gasteiger partial charge in [-0.25, -0.2) is 4.79 Å². The lowest BCUT2D eigenvalue weighted by Crippen LogP contribution is -2.49. The zero-order valence-corrected chi connectivity index (χ0v) is 22.1. The van der Waals surface area contributed by atoms with Gasteiger partial charge >= 0.3 is 12.1 Å². The monoisotopic (exact) mass is 541 g/mol. The predicted octanol–water partition coefficient (Wildman–Crippen LogP) is 2.99. The normalized spacial score (nSPS) is 18.2. The second-order valence-electron chi connectivity index (χ2n) is 9.20. The molecule has 2 heterocycles. The predicted molar refractivity (Wildman–Crippen MR) is 144 cm³/mol. The largest absolute Gasteiger partial charge is 0.466 e. The molecule has 0 saturated carbocycles. The number of ether oxygens (including phenoxy) is 2. The van der Waals surface area contributed by atoms with Gasteiger partial charge in [-0.15, -0.1) is 0 Å². The Hall–Kier alpha value is -3.47. The van der Waals surface area contributed by atoms with E-state index in [1.54, 1.807) is 60.4 Å². The lowest BCUT2D eigenvalue weighted by Gasteiger charge is -2.35. The van der Waals surface area contributed by atoms with Crippen LogP contribution in [0.2, 0.25) is 5.02 Å². The summed E-state index contributed by atoms with van der Waals surface area (Å²) in [5.41, 5.74) is 1.59. The van der Waals surface area contributed by atoms with E-state index in [1.165, 1.54) is 0 Å². The van der Waals surface area contributed by atoms with Crippen LogP contribution in [0.1, 0.15) is 29.3 Å². The first kappa shape index (κ1) is 27.6. The molecule has 2 fully saturated rings. The first-order valence-corrected chi connectivity index (χ1v) is 13.0. The Kier molecular flexibility index (Phi) is 9.33. The average Bonchev–Trinajstić information content (AvgIpc) is 3.28. The van der Waals surface area contributed by atoms with Gasteiger partial charge in [-0.2, -0.15) is 0 Å². The molecule has 11 heteroatoms. The van der Waals surface area contributed by atoms with E-state index in [4.69, 9.17) is 26.5 Å². The maximum absolute atomic E-state index is 12.6. The van der Waals surface area contributed by atoms with Crippen LogP contribution < -0.4 is 10.2 Å². The average molecular weight is 542 g/mol. The third-order valence-electron chi connectivity index (χ3n) is 6.55. The minimum Gasteiger partial charge on any atom is -0.466 e. The molecule has 0 spiro atoms. The van der Waals surface area contributed by atoms with Crippen LogP contribution in [0.25, 0.3) is 0 Å². The number of amides is 2. The summed E-state index contributed by atoms with van der Waals surface area (Å²) in [5.74, 6) is -0.609. The number of amidine groups is 1. The molecule has 0 aromatic heterocycles. The van der Waals surface area contributed by atoms with E-state index < -0.39 is 12.0 Å². The number of carbonyl (C=O) groups is 3. The van der Waals surface area contributed by atoms with E-state index in [0.717, 1.165) is 26.2 Å². The molecule has 1 unspecified atom stereocenters. The van der Waals surface area contributed by atoms with Crippen molar-refractivity contribution < 1.29 is 23.9 Å². The minimum absolute atomic E-state index is 0.0419. The molecule has 202 valence electrons. The lowest BCUT2D eigenvalue weighted by atomic mass is 10.1. The van der Waals surface area contributed by atoms with Gasteiger partial charge in [0.1, 0.15) is 11.9 Å². The molecule has 2 aromatic carbocycles. The molecule has 2 aromatic rings. The number of piperazine rings is 1. The SMILES string of the molecule is CCOC(=O)CCN1CCN(CC2CN(c3ccc(C(=N)NC(=O)c4ccc(Cl)cc4)cc3)C(=O)O2)CC1. The molecule has 0 radical (unpaired) electrons. The Morgan fingerprint density at radius 2 is 1.66 bits per heavy atom. The highest BCUT2D eigenvalue weighted by Gasteiger charge is 2.34. The number of nitrogens with one attached hydrogen (secondary N) is 2. The van der Waals surface area contributed by atoms with Crippen molar-refractivity contribution in [1.82, 2.24) is 15.1 Å². The number of benzene rings is 2. The fraction of sp³-hybridized carbons (Fsp3) is 0.407. The topological polar surface area (TPSA) is 115 Å². The van der Waals surface area contributed by atoms with E-state index in [0.29, 0.717) is 54.5 Å². The van der Waals surface area contributed by atoms with Crippen LogP contribution in [0.4, 0.5) is 10.5 Å². The standard InChI is InChI=1S/C27H32ClN5O5/c1-2-37-24(34)11-12-31-13-15-32(16-14-31)17-23-18-33(27(36)38-23)22-9-5-19(6-10-22)25(29)30-26(35)20-3-7-21(28)8-4-20/h3-10,23H,2,11-18H2,1H3,(H2,29,30,35). The number of carbonyl (C=O) groups excluding carboxylic acids is 3. The summed E-state index contributed by atoms with van der Waals surface area (Å²) in [7, 11) is 0. The number of anilines is 1. The van der Waals surface area contributed by atoms with Crippen LogP contribution in [0.3, 0.4) is 0 Å². The number of esters is 1. The number of halogens is 1. The highest BCUT2D eigenvalue weighted by atomic mass is 35.5. The molecule has 0 bridgehead atoms. The van der Waals surface area contributed by atoms with Crippen molar-refractivity contribution >= 4 is 41.1 Å².